The third kappa shape index (κ3) is 5.54. The second-order valence-corrected chi connectivity index (χ2v) is 6.64. The summed E-state index contributed by atoms with van der Waals surface area (Å²) >= 11 is 0. The molecule has 128 valence electrons. The van der Waals surface area contributed by atoms with Crippen molar-refractivity contribution < 1.29 is 0 Å². The highest BCUT2D eigenvalue weighted by Crippen LogP contribution is 2.15. The summed E-state index contributed by atoms with van der Waals surface area (Å²) < 4.78 is 0. The van der Waals surface area contributed by atoms with Crippen molar-refractivity contribution in [2.24, 2.45) is 10.9 Å². The molecule has 1 unspecified atom stereocenters. The second-order valence-electron chi connectivity index (χ2n) is 6.64. The van der Waals surface area contributed by atoms with E-state index in [9.17, 15) is 0 Å². The van der Waals surface area contributed by atoms with E-state index in [0.29, 0.717) is 0 Å². The number of nitrogens with zero attached hydrogens (tertiary/aromatic N) is 2. The molecule has 23 heavy (non-hydrogen) atoms. The molecule has 0 aliphatic carbocycles. The summed E-state index contributed by atoms with van der Waals surface area (Å²) in [6.07, 6.45) is 2.63. The average molecular weight is 316 g/mol. The summed E-state index contributed by atoms with van der Waals surface area (Å²) in [5.74, 6) is 1.63. The van der Waals surface area contributed by atoms with Crippen LogP contribution in [-0.4, -0.2) is 44.1 Å². The number of piperidine rings is 1. The summed E-state index contributed by atoms with van der Waals surface area (Å²) in [4.78, 5) is 6.90. The van der Waals surface area contributed by atoms with Gasteiger partial charge in [-0.3, -0.25) is 4.99 Å². The van der Waals surface area contributed by atoms with Crippen molar-refractivity contribution in [2.45, 2.75) is 40.2 Å². The summed E-state index contributed by atoms with van der Waals surface area (Å²) in [6.45, 7) is 12.0. The smallest absolute Gasteiger partial charge is 0.191 e. The molecule has 2 rings (SSSR count). The predicted octanol–water partition coefficient (Wildman–Crippen LogP) is 2.70. The van der Waals surface area contributed by atoms with Gasteiger partial charge in [0.15, 0.2) is 5.96 Å². The Bertz CT molecular complexity index is 524. The van der Waals surface area contributed by atoms with Gasteiger partial charge in [-0.15, -0.1) is 0 Å². The molecule has 0 amide bonds. The largest absolute Gasteiger partial charge is 0.356 e. The molecule has 1 aliphatic rings. The fraction of sp³-hybridized carbons (Fsp3) is 0.632. The molecule has 0 bridgehead atoms. The second kappa shape index (κ2) is 8.92. The minimum atomic E-state index is 0.725. The predicted molar refractivity (Wildman–Crippen MR) is 99.0 cm³/mol. The molecule has 1 fully saturated rings. The minimum absolute atomic E-state index is 0.725. The Morgan fingerprint density at radius 2 is 2.13 bits per heavy atom. The van der Waals surface area contributed by atoms with Crippen molar-refractivity contribution in [1.82, 2.24) is 15.5 Å². The molecule has 1 saturated heterocycles. The van der Waals surface area contributed by atoms with Gasteiger partial charge in [-0.2, -0.15) is 0 Å². The third-order valence-corrected chi connectivity index (χ3v) is 4.78. The van der Waals surface area contributed by atoms with Gasteiger partial charge in [-0.05, 0) is 56.8 Å². The van der Waals surface area contributed by atoms with Gasteiger partial charge in [0.25, 0.3) is 0 Å². The lowest BCUT2D eigenvalue weighted by molar-refractivity contribution is 0.183. The fourth-order valence-electron chi connectivity index (χ4n) is 3.29. The first-order valence-corrected chi connectivity index (χ1v) is 8.85. The van der Waals surface area contributed by atoms with Crippen LogP contribution in [0.4, 0.5) is 0 Å². The number of aryl methyl sites for hydroxylation is 2. The maximum atomic E-state index is 4.35. The number of hydrogen-bond donors (Lipinski definition) is 2. The molecule has 4 heteroatoms. The average Bonchev–Trinajstić information content (AvgIpc) is 2.56. The van der Waals surface area contributed by atoms with Crippen LogP contribution in [0, 0.1) is 19.8 Å². The van der Waals surface area contributed by atoms with Crippen LogP contribution in [0.15, 0.2) is 23.2 Å². The summed E-state index contributed by atoms with van der Waals surface area (Å²) in [6, 6.07) is 6.60. The van der Waals surface area contributed by atoms with Crippen LogP contribution >= 0.6 is 0 Å². The van der Waals surface area contributed by atoms with Gasteiger partial charge >= 0.3 is 0 Å². The van der Waals surface area contributed by atoms with Gasteiger partial charge in [-0.25, -0.2) is 0 Å². The number of rotatable bonds is 5. The number of aliphatic imine (C=N–C) groups is 1. The van der Waals surface area contributed by atoms with E-state index in [1.165, 1.54) is 42.6 Å². The Kier molecular flexibility index (Phi) is 6.90. The quantitative estimate of drug-likeness (QED) is 0.648. The number of nitrogens with one attached hydrogen (secondary N) is 2. The zero-order chi connectivity index (χ0) is 16.7. The van der Waals surface area contributed by atoms with Crippen LogP contribution in [0.25, 0.3) is 0 Å². The SMILES string of the molecule is CCN1CCCC(CNC(=NC)NCc2ccc(C)cc2C)C1. The van der Waals surface area contributed by atoms with Crippen LogP contribution in [0.5, 0.6) is 0 Å². The third-order valence-electron chi connectivity index (χ3n) is 4.78. The standard InChI is InChI=1S/C19H32N4/c1-5-23-10-6-7-17(14-23)12-21-19(20-4)22-13-18-9-8-15(2)11-16(18)3/h8-9,11,17H,5-7,10,12-14H2,1-4H3,(H2,20,21,22). The van der Waals surface area contributed by atoms with Gasteiger partial charge in [-0.1, -0.05) is 30.7 Å². The number of likely N-dealkylation sites (tertiary alicyclic amines) is 1. The van der Waals surface area contributed by atoms with Crippen molar-refractivity contribution in [2.75, 3.05) is 33.2 Å². The monoisotopic (exact) mass is 316 g/mol. The van der Waals surface area contributed by atoms with Crippen LogP contribution in [0.2, 0.25) is 0 Å². The molecule has 0 aromatic heterocycles. The maximum Gasteiger partial charge on any atom is 0.191 e. The van der Waals surface area contributed by atoms with Crippen molar-refractivity contribution in [3.63, 3.8) is 0 Å². The first-order chi connectivity index (χ1) is 11.1. The van der Waals surface area contributed by atoms with E-state index in [2.05, 4.69) is 59.5 Å². The first kappa shape index (κ1) is 17.8. The van der Waals surface area contributed by atoms with Crippen molar-refractivity contribution in [1.29, 1.82) is 0 Å². The highest BCUT2D eigenvalue weighted by molar-refractivity contribution is 5.79. The van der Waals surface area contributed by atoms with Crippen LogP contribution in [0.3, 0.4) is 0 Å². The fourth-order valence-corrected chi connectivity index (χ4v) is 3.29. The molecule has 1 aromatic rings. The highest BCUT2D eigenvalue weighted by atomic mass is 15.2. The number of benzene rings is 1. The molecule has 4 nitrogen and oxygen atoms in total. The summed E-state index contributed by atoms with van der Waals surface area (Å²) in [7, 11) is 1.84. The van der Waals surface area contributed by atoms with E-state index >= 15 is 0 Å². The van der Waals surface area contributed by atoms with Crippen molar-refractivity contribution in [3.8, 4) is 0 Å². The molecule has 1 aromatic carbocycles. The summed E-state index contributed by atoms with van der Waals surface area (Å²) in [5.41, 5.74) is 3.97. The van der Waals surface area contributed by atoms with Gasteiger partial charge in [0.2, 0.25) is 0 Å². The zero-order valence-electron chi connectivity index (χ0n) is 15.2. The minimum Gasteiger partial charge on any atom is -0.356 e. The maximum absolute atomic E-state index is 4.35. The Labute approximate surface area is 141 Å². The van der Waals surface area contributed by atoms with Crippen LogP contribution < -0.4 is 10.6 Å². The Morgan fingerprint density at radius 3 is 2.83 bits per heavy atom. The molecular weight excluding hydrogens is 284 g/mol. The highest BCUT2D eigenvalue weighted by Gasteiger charge is 2.18. The normalized spacial score (nSPS) is 19.7. The molecule has 0 radical (unpaired) electrons. The van der Waals surface area contributed by atoms with Crippen molar-refractivity contribution in [3.05, 3.63) is 34.9 Å². The van der Waals surface area contributed by atoms with E-state index in [1.807, 2.05) is 7.05 Å². The summed E-state index contributed by atoms with van der Waals surface area (Å²) in [5, 5.41) is 6.93. The van der Waals surface area contributed by atoms with E-state index in [1.54, 1.807) is 0 Å². The van der Waals surface area contributed by atoms with Crippen LogP contribution in [0.1, 0.15) is 36.5 Å². The topological polar surface area (TPSA) is 39.7 Å². The van der Waals surface area contributed by atoms with Gasteiger partial charge < -0.3 is 15.5 Å². The molecular formula is C19H32N4. The number of hydrogen-bond acceptors (Lipinski definition) is 2. The Balaban J connectivity index is 1.79. The lowest BCUT2D eigenvalue weighted by Gasteiger charge is -2.32. The molecule has 1 heterocycles. The molecule has 0 saturated carbocycles. The van der Waals surface area contributed by atoms with E-state index < -0.39 is 0 Å². The van der Waals surface area contributed by atoms with E-state index in [4.69, 9.17) is 0 Å². The first-order valence-electron chi connectivity index (χ1n) is 8.85. The van der Waals surface area contributed by atoms with E-state index in [-0.39, 0.29) is 0 Å². The molecule has 1 aliphatic heterocycles. The lowest BCUT2D eigenvalue weighted by atomic mass is 9.98. The van der Waals surface area contributed by atoms with Gasteiger partial charge in [0.1, 0.15) is 0 Å². The molecule has 0 spiro atoms. The Morgan fingerprint density at radius 1 is 1.30 bits per heavy atom. The molecule has 2 N–H and O–H groups in total. The molecule has 1 atom stereocenters. The van der Waals surface area contributed by atoms with Gasteiger partial charge in [0, 0.05) is 26.7 Å². The van der Waals surface area contributed by atoms with E-state index in [0.717, 1.165) is 31.5 Å². The Hall–Kier alpha value is -1.55. The lowest BCUT2D eigenvalue weighted by Crippen LogP contribution is -2.44. The zero-order valence-corrected chi connectivity index (χ0v) is 15.2. The van der Waals surface area contributed by atoms with Crippen LogP contribution in [-0.2, 0) is 6.54 Å². The van der Waals surface area contributed by atoms with Crippen molar-refractivity contribution >= 4 is 5.96 Å². The van der Waals surface area contributed by atoms with Gasteiger partial charge in [0.05, 0.1) is 0 Å². The number of guanidine groups is 1.